The highest BCUT2D eigenvalue weighted by Gasteiger charge is 2.27. The third-order valence-corrected chi connectivity index (χ3v) is 5.23. The van der Waals surface area contributed by atoms with Crippen molar-refractivity contribution in [2.45, 2.75) is 38.1 Å². The van der Waals surface area contributed by atoms with Crippen LogP contribution in [-0.4, -0.2) is 27.8 Å². The normalized spacial score (nSPS) is 18.6. The molecule has 2 aliphatic rings. The average Bonchev–Trinajstić information content (AvgIpc) is 3.31. The van der Waals surface area contributed by atoms with Crippen LogP contribution in [-0.2, 0) is 13.0 Å². The SMILES string of the molecule is c1ccc2c(c1)c(-c1noc(C3CCNCC3)n1)c1n2CCC1. The first-order valence-electron chi connectivity index (χ1n) is 8.56. The predicted octanol–water partition coefficient (Wildman–Crippen LogP) is 3.10. The van der Waals surface area contributed by atoms with E-state index in [9.17, 15) is 0 Å². The van der Waals surface area contributed by atoms with Gasteiger partial charge >= 0.3 is 0 Å². The molecule has 1 aromatic carbocycles. The van der Waals surface area contributed by atoms with Gasteiger partial charge in [0.25, 0.3) is 0 Å². The van der Waals surface area contributed by atoms with Crippen LogP contribution in [0.1, 0.15) is 36.8 Å². The number of piperidine rings is 1. The zero-order valence-electron chi connectivity index (χ0n) is 13.1. The van der Waals surface area contributed by atoms with Crippen LogP contribution in [0.5, 0.6) is 0 Å². The number of hydrogen-bond donors (Lipinski definition) is 1. The van der Waals surface area contributed by atoms with Gasteiger partial charge in [0.05, 0.1) is 5.56 Å². The maximum atomic E-state index is 5.64. The molecule has 5 heteroatoms. The van der Waals surface area contributed by atoms with Crippen molar-refractivity contribution in [3.05, 3.63) is 35.9 Å². The van der Waals surface area contributed by atoms with Gasteiger partial charge in [0.2, 0.25) is 11.7 Å². The second kappa shape index (κ2) is 5.20. The number of para-hydroxylation sites is 1. The van der Waals surface area contributed by atoms with E-state index in [0.717, 1.165) is 50.6 Å². The zero-order valence-corrected chi connectivity index (χ0v) is 13.1. The molecular formula is C18H20N4O. The van der Waals surface area contributed by atoms with Crippen molar-refractivity contribution in [1.29, 1.82) is 0 Å². The number of hydrogen-bond acceptors (Lipinski definition) is 4. The van der Waals surface area contributed by atoms with Crippen LogP contribution >= 0.6 is 0 Å². The molecule has 0 radical (unpaired) electrons. The Bertz CT molecular complexity index is 857. The van der Waals surface area contributed by atoms with Crippen molar-refractivity contribution in [2.24, 2.45) is 0 Å². The molecule has 5 nitrogen and oxygen atoms in total. The van der Waals surface area contributed by atoms with Gasteiger partial charge in [0.1, 0.15) is 0 Å². The highest BCUT2D eigenvalue weighted by atomic mass is 16.5. The van der Waals surface area contributed by atoms with Gasteiger partial charge in [-0.25, -0.2) is 0 Å². The van der Waals surface area contributed by atoms with Gasteiger partial charge in [-0.2, -0.15) is 4.98 Å². The van der Waals surface area contributed by atoms with Crippen LogP contribution < -0.4 is 5.32 Å². The van der Waals surface area contributed by atoms with Gasteiger partial charge < -0.3 is 14.4 Å². The molecule has 0 atom stereocenters. The molecule has 23 heavy (non-hydrogen) atoms. The second-order valence-corrected chi connectivity index (χ2v) is 6.57. The molecule has 2 aromatic heterocycles. The standard InChI is InChI=1S/C18H20N4O/c1-2-5-14-13(4-1)16(15-6-3-11-22(14)15)17-20-18(23-21-17)12-7-9-19-10-8-12/h1-2,4-5,12,19H,3,6-11H2. The molecular weight excluding hydrogens is 288 g/mol. The molecule has 3 aromatic rings. The van der Waals surface area contributed by atoms with Gasteiger partial charge in [0, 0.05) is 29.1 Å². The van der Waals surface area contributed by atoms with Gasteiger partial charge in [-0.1, -0.05) is 23.4 Å². The van der Waals surface area contributed by atoms with E-state index in [0.29, 0.717) is 5.92 Å². The molecule has 0 amide bonds. The monoisotopic (exact) mass is 308 g/mol. The van der Waals surface area contributed by atoms with Crippen LogP contribution in [0.2, 0.25) is 0 Å². The van der Waals surface area contributed by atoms with Crippen molar-refractivity contribution in [3.63, 3.8) is 0 Å². The lowest BCUT2D eigenvalue weighted by Gasteiger charge is -2.18. The topological polar surface area (TPSA) is 55.9 Å². The summed E-state index contributed by atoms with van der Waals surface area (Å²) in [6.07, 6.45) is 4.46. The molecule has 0 unspecified atom stereocenters. The Morgan fingerprint density at radius 3 is 2.96 bits per heavy atom. The van der Waals surface area contributed by atoms with Crippen molar-refractivity contribution in [2.75, 3.05) is 13.1 Å². The molecule has 1 saturated heterocycles. The fourth-order valence-electron chi connectivity index (χ4n) is 4.10. The minimum absolute atomic E-state index is 0.402. The number of nitrogens with zero attached hydrogens (tertiary/aromatic N) is 3. The highest BCUT2D eigenvalue weighted by molar-refractivity contribution is 5.96. The third-order valence-electron chi connectivity index (χ3n) is 5.23. The van der Waals surface area contributed by atoms with Gasteiger partial charge in [-0.3, -0.25) is 0 Å². The summed E-state index contributed by atoms with van der Waals surface area (Å²) in [6.45, 7) is 3.16. The summed E-state index contributed by atoms with van der Waals surface area (Å²) < 4.78 is 8.06. The highest BCUT2D eigenvalue weighted by Crippen LogP contribution is 2.38. The van der Waals surface area contributed by atoms with Gasteiger partial charge in [-0.15, -0.1) is 0 Å². The molecule has 0 saturated carbocycles. The number of aromatic nitrogens is 3. The zero-order chi connectivity index (χ0) is 15.2. The number of fused-ring (bicyclic) bond motifs is 3. The maximum absolute atomic E-state index is 5.64. The lowest BCUT2D eigenvalue weighted by molar-refractivity contribution is 0.320. The van der Waals surface area contributed by atoms with Crippen LogP contribution in [0.4, 0.5) is 0 Å². The fraction of sp³-hybridized carbons (Fsp3) is 0.444. The number of nitrogens with one attached hydrogen (secondary N) is 1. The molecule has 5 rings (SSSR count). The van der Waals surface area contributed by atoms with Gasteiger partial charge in [-0.05, 0) is 44.8 Å². The van der Waals surface area contributed by atoms with Crippen LogP contribution in [0.3, 0.4) is 0 Å². The summed E-state index contributed by atoms with van der Waals surface area (Å²) >= 11 is 0. The van der Waals surface area contributed by atoms with E-state index in [1.807, 2.05) is 0 Å². The summed E-state index contributed by atoms with van der Waals surface area (Å²) in [5.41, 5.74) is 3.84. The molecule has 1 fully saturated rings. The Kier molecular flexibility index (Phi) is 3.01. The van der Waals surface area contributed by atoms with E-state index in [1.165, 1.54) is 28.6 Å². The third kappa shape index (κ3) is 2.03. The van der Waals surface area contributed by atoms with Crippen LogP contribution in [0.25, 0.3) is 22.3 Å². The largest absolute Gasteiger partial charge is 0.344 e. The van der Waals surface area contributed by atoms with Crippen molar-refractivity contribution >= 4 is 10.9 Å². The predicted molar refractivity (Wildman–Crippen MR) is 88.4 cm³/mol. The Morgan fingerprint density at radius 2 is 2.04 bits per heavy atom. The molecule has 118 valence electrons. The van der Waals surface area contributed by atoms with Crippen LogP contribution in [0, 0.1) is 0 Å². The van der Waals surface area contributed by atoms with E-state index < -0.39 is 0 Å². The molecule has 0 bridgehead atoms. The van der Waals surface area contributed by atoms with Gasteiger partial charge in [0.15, 0.2) is 0 Å². The summed E-state index contributed by atoms with van der Waals surface area (Å²) in [7, 11) is 0. The number of rotatable bonds is 2. The summed E-state index contributed by atoms with van der Waals surface area (Å²) in [5, 5.41) is 8.98. The smallest absolute Gasteiger partial charge is 0.230 e. The first-order chi connectivity index (χ1) is 11.4. The van der Waals surface area contributed by atoms with Crippen molar-refractivity contribution in [3.8, 4) is 11.4 Å². The van der Waals surface area contributed by atoms with E-state index in [2.05, 4.69) is 39.3 Å². The molecule has 4 heterocycles. The van der Waals surface area contributed by atoms with Crippen molar-refractivity contribution < 1.29 is 4.52 Å². The molecule has 2 aliphatic heterocycles. The molecule has 0 aliphatic carbocycles. The maximum Gasteiger partial charge on any atom is 0.230 e. The van der Waals surface area contributed by atoms with E-state index >= 15 is 0 Å². The van der Waals surface area contributed by atoms with E-state index in [4.69, 9.17) is 9.51 Å². The Balaban J connectivity index is 1.62. The van der Waals surface area contributed by atoms with E-state index in [-0.39, 0.29) is 0 Å². The lowest BCUT2D eigenvalue weighted by Crippen LogP contribution is -2.26. The Hall–Kier alpha value is -2.14. The first-order valence-corrected chi connectivity index (χ1v) is 8.56. The van der Waals surface area contributed by atoms with Crippen molar-refractivity contribution in [1.82, 2.24) is 20.0 Å². The lowest BCUT2D eigenvalue weighted by atomic mass is 9.98. The summed E-state index contributed by atoms with van der Waals surface area (Å²) in [5.74, 6) is 1.98. The Morgan fingerprint density at radius 1 is 1.17 bits per heavy atom. The summed E-state index contributed by atoms with van der Waals surface area (Å²) in [6, 6.07) is 8.57. The van der Waals surface area contributed by atoms with Crippen LogP contribution in [0.15, 0.2) is 28.8 Å². The average molecular weight is 308 g/mol. The Labute approximate surface area is 134 Å². The fourth-order valence-corrected chi connectivity index (χ4v) is 4.10. The minimum Gasteiger partial charge on any atom is -0.344 e. The summed E-state index contributed by atoms with van der Waals surface area (Å²) in [4.78, 5) is 4.79. The number of benzene rings is 1. The molecule has 0 spiro atoms. The first kappa shape index (κ1) is 13.3. The van der Waals surface area contributed by atoms with E-state index in [1.54, 1.807) is 0 Å². The quantitative estimate of drug-likeness (QED) is 0.790. The number of aryl methyl sites for hydroxylation is 1. The minimum atomic E-state index is 0.402. The second-order valence-electron chi connectivity index (χ2n) is 6.57. The molecule has 1 N–H and O–H groups in total.